The van der Waals surface area contributed by atoms with Crippen LogP contribution in [0.5, 0.6) is 0 Å². The fourth-order valence-corrected chi connectivity index (χ4v) is 8.07. The Kier molecular flexibility index (Phi) is 9.82. The average Bonchev–Trinajstić information content (AvgIpc) is 3.48. The molecule has 7 rings (SSSR count). The Morgan fingerprint density at radius 3 is 2.20 bits per heavy atom. The molecule has 0 amide bonds. The highest BCUT2D eigenvalue weighted by molar-refractivity contribution is 7.89. The molecule has 2 aliphatic rings. The van der Waals surface area contributed by atoms with Crippen LogP contribution in [0, 0.1) is 5.92 Å². The number of fused-ring (bicyclic) bond motifs is 1. The van der Waals surface area contributed by atoms with Gasteiger partial charge < -0.3 is 24.5 Å². The Labute approximate surface area is 286 Å². The molecular weight excluding hydrogens is 641 g/mol. The van der Waals surface area contributed by atoms with E-state index in [9.17, 15) is 18.3 Å². The van der Waals surface area contributed by atoms with Crippen LogP contribution in [0.3, 0.4) is 0 Å². The number of H-pyrrole nitrogens is 1. The molecule has 0 unspecified atom stereocenters. The molecule has 256 valence electrons. The predicted octanol–water partition coefficient (Wildman–Crippen LogP) is 5.43. The fraction of sp³-hybridized carbons (Fsp3) is 0.342. The number of rotatable bonds is 10. The van der Waals surface area contributed by atoms with E-state index in [1.807, 2.05) is 77.4 Å². The summed E-state index contributed by atoms with van der Waals surface area (Å²) in [6.07, 6.45) is 0.734. The second-order valence-corrected chi connectivity index (χ2v) is 14.8. The molecule has 1 aromatic heterocycles. The van der Waals surface area contributed by atoms with E-state index in [-0.39, 0.29) is 47.9 Å². The predicted molar refractivity (Wildman–Crippen MR) is 187 cm³/mol. The van der Waals surface area contributed by atoms with Crippen molar-refractivity contribution in [1.82, 2.24) is 19.2 Å². The maximum atomic E-state index is 12.8. The number of ether oxygens (including phenoxy) is 2. The zero-order valence-corrected chi connectivity index (χ0v) is 28.3. The second-order valence-electron chi connectivity index (χ2n) is 13.1. The van der Waals surface area contributed by atoms with Crippen molar-refractivity contribution < 1.29 is 23.0 Å². The molecule has 2 aliphatic heterocycles. The van der Waals surface area contributed by atoms with Crippen LogP contribution in [0.2, 0.25) is 0 Å². The van der Waals surface area contributed by atoms with Gasteiger partial charge in [0, 0.05) is 43.7 Å². The average molecular weight is 683 g/mol. The van der Waals surface area contributed by atoms with Gasteiger partial charge in [0.2, 0.25) is 10.0 Å². The second kappa shape index (κ2) is 14.4. The van der Waals surface area contributed by atoms with Gasteiger partial charge >= 0.3 is 5.69 Å². The molecule has 0 saturated carbocycles. The van der Waals surface area contributed by atoms with E-state index in [4.69, 9.17) is 9.47 Å². The lowest BCUT2D eigenvalue weighted by molar-refractivity contribution is -0.276. The van der Waals surface area contributed by atoms with Crippen molar-refractivity contribution in [1.29, 1.82) is 0 Å². The van der Waals surface area contributed by atoms with Gasteiger partial charge in [0.25, 0.3) is 0 Å². The van der Waals surface area contributed by atoms with Crippen LogP contribution >= 0.6 is 0 Å². The smallest absolute Gasteiger partial charge is 0.326 e. The summed E-state index contributed by atoms with van der Waals surface area (Å²) in [4.78, 5) is 18.5. The number of hydrogen-bond acceptors (Lipinski definition) is 7. The first kappa shape index (κ1) is 33.4. The van der Waals surface area contributed by atoms with Crippen LogP contribution in [0.25, 0.3) is 11.0 Å². The van der Waals surface area contributed by atoms with E-state index in [1.165, 1.54) is 0 Å². The summed E-state index contributed by atoms with van der Waals surface area (Å²) in [5.41, 5.74) is 5.28. The minimum atomic E-state index is -3.63. The summed E-state index contributed by atoms with van der Waals surface area (Å²) >= 11 is 0. The van der Waals surface area contributed by atoms with Crippen LogP contribution < -0.4 is 10.4 Å². The van der Waals surface area contributed by atoms with Crippen LogP contribution in [0.4, 0.5) is 0 Å². The molecule has 2 saturated heterocycles. The quantitative estimate of drug-likeness (QED) is 0.180. The Balaban J connectivity index is 1.05. The Morgan fingerprint density at radius 1 is 0.837 bits per heavy atom. The van der Waals surface area contributed by atoms with Gasteiger partial charge in [-0.3, -0.25) is 4.57 Å². The van der Waals surface area contributed by atoms with E-state index in [0.717, 1.165) is 65.8 Å². The molecule has 3 heterocycles. The van der Waals surface area contributed by atoms with Gasteiger partial charge in [0.05, 0.1) is 34.7 Å². The summed E-state index contributed by atoms with van der Waals surface area (Å²) in [5, 5.41) is 9.60. The molecule has 0 radical (unpaired) electrons. The fourth-order valence-electron chi connectivity index (χ4n) is 7.03. The van der Waals surface area contributed by atoms with Crippen molar-refractivity contribution in [2.24, 2.45) is 5.92 Å². The molecule has 49 heavy (non-hydrogen) atoms. The maximum absolute atomic E-state index is 12.8. The number of piperidine rings is 1. The lowest BCUT2D eigenvalue weighted by Gasteiger charge is -2.44. The normalized spacial score (nSPS) is 22.4. The number of nitrogens with one attached hydrogen (secondary N) is 2. The summed E-state index contributed by atoms with van der Waals surface area (Å²) in [6.45, 7) is 4.71. The molecule has 5 aromatic rings. The Bertz CT molecular complexity index is 2020. The van der Waals surface area contributed by atoms with Gasteiger partial charge in [-0.1, -0.05) is 85.8 Å². The maximum Gasteiger partial charge on any atom is 0.326 e. The lowest BCUT2D eigenvalue weighted by Crippen LogP contribution is -2.47. The third-order valence-electron chi connectivity index (χ3n) is 9.88. The van der Waals surface area contributed by atoms with E-state index >= 15 is 0 Å². The number of likely N-dealkylation sites (tertiary alicyclic amines) is 1. The van der Waals surface area contributed by atoms with Crippen molar-refractivity contribution in [2.45, 2.75) is 62.4 Å². The van der Waals surface area contributed by atoms with E-state index in [0.29, 0.717) is 0 Å². The molecule has 2 fully saturated rings. The third-order valence-corrected chi connectivity index (χ3v) is 11.3. The molecule has 4 aromatic carbocycles. The van der Waals surface area contributed by atoms with Crippen molar-refractivity contribution in [3.8, 4) is 0 Å². The molecule has 0 spiro atoms. The van der Waals surface area contributed by atoms with Crippen LogP contribution in [-0.4, -0.2) is 53.7 Å². The number of hydrogen-bond donors (Lipinski definition) is 3. The lowest BCUT2D eigenvalue weighted by atomic mass is 9.89. The number of aromatic nitrogens is 2. The molecule has 11 heteroatoms. The number of aromatic amines is 1. The van der Waals surface area contributed by atoms with Crippen molar-refractivity contribution in [2.75, 3.05) is 19.6 Å². The number of para-hydroxylation sites is 2. The van der Waals surface area contributed by atoms with E-state index in [2.05, 4.69) is 21.5 Å². The van der Waals surface area contributed by atoms with Gasteiger partial charge in [-0.25, -0.2) is 17.9 Å². The number of aliphatic hydroxyl groups excluding tert-OH is 1. The van der Waals surface area contributed by atoms with Crippen molar-refractivity contribution >= 4 is 21.1 Å². The molecule has 0 aliphatic carbocycles. The van der Waals surface area contributed by atoms with Crippen molar-refractivity contribution in [3.63, 3.8) is 0 Å². The van der Waals surface area contributed by atoms with E-state index < -0.39 is 16.3 Å². The first-order valence-corrected chi connectivity index (χ1v) is 18.3. The number of sulfonamides is 1. The van der Waals surface area contributed by atoms with E-state index in [1.54, 1.807) is 30.3 Å². The SMILES string of the molecule is C[C@H]1[C@@H](CN2CCC(n3c(=O)[nH]c4ccccc43)CC2)O[C@@H](c2ccc(CNS(=O)(=O)c3ccccc3)cc2)O[C@H]1c1ccc(CO)cc1. The summed E-state index contributed by atoms with van der Waals surface area (Å²) in [5.74, 6) is 0.0388. The number of aliphatic hydroxyl groups is 1. The van der Waals surface area contributed by atoms with Crippen LogP contribution in [0.1, 0.15) is 60.5 Å². The van der Waals surface area contributed by atoms with Crippen LogP contribution in [-0.2, 0) is 32.6 Å². The number of benzene rings is 4. The summed E-state index contributed by atoms with van der Waals surface area (Å²) in [6, 6.07) is 31.8. The first-order valence-electron chi connectivity index (χ1n) is 16.8. The zero-order chi connectivity index (χ0) is 34.0. The highest BCUT2D eigenvalue weighted by Gasteiger charge is 2.39. The summed E-state index contributed by atoms with van der Waals surface area (Å²) < 4.78 is 43.4. The molecule has 3 N–H and O–H groups in total. The van der Waals surface area contributed by atoms with Crippen LogP contribution in [0.15, 0.2) is 113 Å². The largest absolute Gasteiger partial charge is 0.392 e. The Morgan fingerprint density at radius 2 is 1.49 bits per heavy atom. The van der Waals surface area contributed by atoms with Gasteiger partial charge in [-0.15, -0.1) is 0 Å². The van der Waals surface area contributed by atoms with Gasteiger partial charge in [0.1, 0.15) is 0 Å². The number of nitrogens with zero attached hydrogens (tertiary/aromatic N) is 2. The summed E-state index contributed by atoms with van der Waals surface area (Å²) in [7, 11) is -3.63. The first-order chi connectivity index (χ1) is 23.8. The number of imidazole rings is 1. The minimum absolute atomic E-state index is 0.0236. The minimum Gasteiger partial charge on any atom is -0.392 e. The molecule has 4 atom stereocenters. The monoisotopic (exact) mass is 682 g/mol. The van der Waals surface area contributed by atoms with Crippen molar-refractivity contribution in [3.05, 3.63) is 136 Å². The van der Waals surface area contributed by atoms with Gasteiger partial charge in [-0.05, 0) is 53.8 Å². The van der Waals surface area contributed by atoms with Gasteiger partial charge in [0.15, 0.2) is 6.29 Å². The molecule has 10 nitrogen and oxygen atoms in total. The standard InChI is InChI=1S/C38H42N4O6S/c1-26-35(24-41-21-19-31(20-22-41)42-34-10-6-5-9-33(34)40-38(42)44)47-37(48-36(26)29-15-13-28(25-43)14-16-29)30-17-11-27(12-18-30)23-39-49(45,46)32-7-3-2-4-8-32/h2-18,26,31,35-37,39,43H,19-25H2,1H3,(H,40,44)/t26-,35+,36+,37+/m0/s1. The third kappa shape index (κ3) is 7.28. The van der Waals surface area contributed by atoms with Gasteiger partial charge in [-0.2, -0.15) is 0 Å². The highest BCUT2D eigenvalue weighted by atomic mass is 32.2. The zero-order valence-electron chi connectivity index (χ0n) is 27.4. The molecule has 0 bridgehead atoms. The Hall–Kier alpha value is -4.10. The molecular formula is C38H42N4O6S. The topological polar surface area (TPSA) is 126 Å². The highest BCUT2D eigenvalue weighted by Crippen LogP contribution is 2.42.